The van der Waals surface area contributed by atoms with Gasteiger partial charge in [-0.1, -0.05) is 6.42 Å². The Labute approximate surface area is 154 Å². The van der Waals surface area contributed by atoms with Crippen LogP contribution in [-0.2, 0) is 4.79 Å². The quantitative estimate of drug-likeness (QED) is 0.852. The SMILES string of the molecule is O=C(Nc1ccc(Oc2cccnc2)cc1)C1CCCCN1CC1CC1. The van der Waals surface area contributed by atoms with Crippen LogP contribution in [-0.4, -0.2) is 34.9 Å². The number of nitrogens with zero attached hydrogens (tertiary/aromatic N) is 2. The number of carbonyl (C=O) groups excluding carboxylic acids is 1. The average Bonchev–Trinajstić information content (AvgIpc) is 3.49. The van der Waals surface area contributed by atoms with Crippen LogP contribution in [0.1, 0.15) is 32.1 Å². The summed E-state index contributed by atoms with van der Waals surface area (Å²) in [4.78, 5) is 19.2. The Balaban J connectivity index is 1.36. The summed E-state index contributed by atoms with van der Waals surface area (Å²) in [6.07, 6.45) is 9.33. The van der Waals surface area contributed by atoms with Crippen LogP contribution in [0.3, 0.4) is 0 Å². The number of likely N-dealkylation sites (tertiary alicyclic amines) is 1. The summed E-state index contributed by atoms with van der Waals surface area (Å²) in [5.74, 6) is 2.35. The van der Waals surface area contributed by atoms with Gasteiger partial charge >= 0.3 is 0 Å². The zero-order valence-corrected chi connectivity index (χ0v) is 14.9. The maximum absolute atomic E-state index is 12.8. The second kappa shape index (κ2) is 7.87. The standard InChI is InChI=1S/C21H25N3O2/c25-21(20-5-1-2-13-24(20)15-16-6-7-16)23-17-8-10-18(11-9-17)26-19-4-3-12-22-14-19/h3-4,8-12,14,16,20H,1-2,5-7,13,15H2,(H,23,25). The van der Waals surface area contributed by atoms with E-state index in [1.807, 2.05) is 36.4 Å². The number of amides is 1. The number of pyridine rings is 1. The first-order valence-electron chi connectivity index (χ1n) is 9.51. The van der Waals surface area contributed by atoms with E-state index in [9.17, 15) is 4.79 Å². The smallest absolute Gasteiger partial charge is 0.241 e. The number of anilines is 1. The lowest BCUT2D eigenvalue weighted by Gasteiger charge is -2.34. The highest BCUT2D eigenvalue weighted by Gasteiger charge is 2.33. The Bertz CT molecular complexity index is 729. The van der Waals surface area contributed by atoms with E-state index in [1.165, 1.54) is 19.3 Å². The molecule has 26 heavy (non-hydrogen) atoms. The van der Waals surface area contributed by atoms with Crippen LogP contribution < -0.4 is 10.1 Å². The zero-order chi connectivity index (χ0) is 17.8. The third kappa shape index (κ3) is 4.41. The van der Waals surface area contributed by atoms with Gasteiger partial charge in [-0.25, -0.2) is 0 Å². The fourth-order valence-electron chi connectivity index (χ4n) is 3.51. The summed E-state index contributed by atoms with van der Waals surface area (Å²) in [7, 11) is 0. The van der Waals surface area contributed by atoms with E-state index in [0.717, 1.165) is 43.3 Å². The molecule has 2 aromatic rings. The molecule has 2 heterocycles. The third-order valence-corrected chi connectivity index (χ3v) is 5.10. The van der Waals surface area contributed by atoms with Gasteiger partial charge in [0, 0.05) is 18.4 Å². The van der Waals surface area contributed by atoms with E-state index in [2.05, 4.69) is 15.2 Å². The van der Waals surface area contributed by atoms with E-state index in [0.29, 0.717) is 5.75 Å². The van der Waals surface area contributed by atoms with Crippen LogP contribution in [0.4, 0.5) is 5.69 Å². The van der Waals surface area contributed by atoms with Crippen LogP contribution >= 0.6 is 0 Å². The summed E-state index contributed by atoms with van der Waals surface area (Å²) in [5, 5.41) is 3.08. The molecule has 1 amide bonds. The Morgan fingerprint density at radius 1 is 1.12 bits per heavy atom. The Kier molecular flexibility index (Phi) is 5.16. The minimum absolute atomic E-state index is 0.00988. The molecule has 136 valence electrons. The maximum Gasteiger partial charge on any atom is 0.241 e. The maximum atomic E-state index is 12.8. The molecule has 1 aromatic carbocycles. The number of rotatable bonds is 6. The van der Waals surface area contributed by atoms with Gasteiger partial charge in [-0.15, -0.1) is 0 Å². The summed E-state index contributed by atoms with van der Waals surface area (Å²) in [6.45, 7) is 2.13. The van der Waals surface area contributed by atoms with Crippen molar-refractivity contribution < 1.29 is 9.53 Å². The number of benzene rings is 1. The molecule has 1 aromatic heterocycles. The number of piperidine rings is 1. The van der Waals surface area contributed by atoms with E-state index >= 15 is 0 Å². The number of nitrogens with one attached hydrogen (secondary N) is 1. The molecule has 1 saturated carbocycles. The van der Waals surface area contributed by atoms with Crippen molar-refractivity contribution in [3.05, 3.63) is 48.8 Å². The number of ether oxygens (including phenoxy) is 1. The lowest BCUT2D eigenvalue weighted by Crippen LogP contribution is -2.47. The largest absolute Gasteiger partial charge is 0.456 e. The van der Waals surface area contributed by atoms with Gasteiger partial charge in [-0.2, -0.15) is 0 Å². The summed E-state index contributed by atoms with van der Waals surface area (Å²) in [6, 6.07) is 11.2. The summed E-state index contributed by atoms with van der Waals surface area (Å²) < 4.78 is 5.74. The number of aromatic nitrogens is 1. The third-order valence-electron chi connectivity index (χ3n) is 5.10. The molecular formula is C21H25N3O2. The molecule has 0 bridgehead atoms. The molecular weight excluding hydrogens is 326 g/mol. The van der Waals surface area contributed by atoms with Gasteiger partial charge < -0.3 is 10.1 Å². The van der Waals surface area contributed by atoms with Gasteiger partial charge in [0.1, 0.15) is 11.5 Å². The van der Waals surface area contributed by atoms with Crippen LogP contribution in [0.15, 0.2) is 48.8 Å². The molecule has 1 aliphatic carbocycles. The van der Waals surface area contributed by atoms with Gasteiger partial charge in [-0.3, -0.25) is 14.7 Å². The fraction of sp³-hybridized carbons (Fsp3) is 0.429. The van der Waals surface area contributed by atoms with Crippen molar-refractivity contribution in [2.24, 2.45) is 5.92 Å². The number of carbonyl (C=O) groups is 1. The Hall–Kier alpha value is -2.40. The van der Waals surface area contributed by atoms with Crippen LogP contribution in [0, 0.1) is 5.92 Å². The van der Waals surface area contributed by atoms with Gasteiger partial charge in [0.2, 0.25) is 5.91 Å². The molecule has 1 saturated heterocycles. The van der Waals surface area contributed by atoms with Gasteiger partial charge in [-0.05, 0) is 74.5 Å². The topological polar surface area (TPSA) is 54.5 Å². The van der Waals surface area contributed by atoms with Crippen molar-refractivity contribution in [3.63, 3.8) is 0 Å². The predicted octanol–water partition coefficient (Wildman–Crippen LogP) is 4.08. The molecule has 1 unspecified atom stereocenters. The first-order chi connectivity index (χ1) is 12.8. The minimum Gasteiger partial charge on any atom is -0.456 e. The van der Waals surface area contributed by atoms with E-state index in [-0.39, 0.29) is 11.9 Å². The zero-order valence-electron chi connectivity index (χ0n) is 14.9. The average molecular weight is 351 g/mol. The normalized spacial score (nSPS) is 20.5. The second-order valence-corrected chi connectivity index (χ2v) is 7.25. The van der Waals surface area contributed by atoms with E-state index in [4.69, 9.17) is 4.74 Å². The molecule has 1 N–H and O–H groups in total. The van der Waals surface area contributed by atoms with Crippen LogP contribution in [0.5, 0.6) is 11.5 Å². The molecule has 5 heteroatoms. The molecule has 2 aliphatic rings. The first kappa shape index (κ1) is 17.0. The van der Waals surface area contributed by atoms with Crippen LogP contribution in [0.25, 0.3) is 0 Å². The monoisotopic (exact) mass is 351 g/mol. The molecule has 2 fully saturated rings. The number of hydrogen-bond acceptors (Lipinski definition) is 4. The molecule has 5 nitrogen and oxygen atoms in total. The van der Waals surface area contributed by atoms with E-state index < -0.39 is 0 Å². The van der Waals surface area contributed by atoms with Gasteiger partial charge in [0.05, 0.1) is 12.2 Å². The van der Waals surface area contributed by atoms with E-state index in [1.54, 1.807) is 12.4 Å². The second-order valence-electron chi connectivity index (χ2n) is 7.25. The van der Waals surface area contributed by atoms with Crippen molar-refractivity contribution in [1.82, 2.24) is 9.88 Å². The van der Waals surface area contributed by atoms with Gasteiger partial charge in [0.15, 0.2) is 0 Å². The summed E-state index contributed by atoms with van der Waals surface area (Å²) in [5.41, 5.74) is 0.811. The van der Waals surface area contributed by atoms with Crippen molar-refractivity contribution in [2.45, 2.75) is 38.1 Å². The Morgan fingerprint density at radius 3 is 2.69 bits per heavy atom. The fourth-order valence-corrected chi connectivity index (χ4v) is 3.51. The predicted molar refractivity (Wildman–Crippen MR) is 101 cm³/mol. The highest BCUT2D eigenvalue weighted by atomic mass is 16.5. The van der Waals surface area contributed by atoms with Crippen molar-refractivity contribution in [3.8, 4) is 11.5 Å². The lowest BCUT2D eigenvalue weighted by molar-refractivity contribution is -0.122. The molecule has 0 spiro atoms. The molecule has 1 atom stereocenters. The van der Waals surface area contributed by atoms with Crippen LogP contribution in [0.2, 0.25) is 0 Å². The number of hydrogen-bond donors (Lipinski definition) is 1. The lowest BCUT2D eigenvalue weighted by atomic mass is 10.0. The van der Waals surface area contributed by atoms with Gasteiger partial charge in [0.25, 0.3) is 0 Å². The first-order valence-corrected chi connectivity index (χ1v) is 9.51. The molecule has 4 rings (SSSR count). The highest BCUT2D eigenvalue weighted by Crippen LogP contribution is 2.32. The highest BCUT2D eigenvalue weighted by molar-refractivity contribution is 5.94. The summed E-state index contributed by atoms with van der Waals surface area (Å²) >= 11 is 0. The van der Waals surface area contributed by atoms with Crippen molar-refractivity contribution >= 4 is 11.6 Å². The minimum atomic E-state index is 0.00988. The molecule has 1 aliphatic heterocycles. The van der Waals surface area contributed by atoms with Crippen molar-refractivity contribution in [1.29, 1.82) is 0 Å². The van der Waals surface area contributed by atoms with Crippen molar-refractivity contribution in [2.75, 3.05) is 18.4 Å². The molecule has 0 radical (unpaired) electrons. The Morgan fingerprint density at radius 2 is 1.96 bits per heavy atom.